The van der Waals surface area contributed by atoms with E-state index in [9.17, 15) is 5.11 Å². The number of hydrogen-bond donors (Lipinski definition) is 1. The minimum atomic E-state index is -0.587. The molecule has 0 fully saturated rings. The predicted molar refractivity (Wildman–Crippen MR) is 94.6 cm³/mol. The average molecular weight is 308 g/mol. The Morgan fingerprint density at radius 2 is 1.70 bits per heavy atom. The van der Waals surface area contributed by atoms with Gasteiger partial charge in [0.25, 0.3) is 0 Å². The first-order chi connectivity index (χ1) is 10.9. The lowest BCUT2D eigenvalue weighted by molar-refractivity contribution is 0.185. The number of rotatable bonds is 3. The van der Waals surface area contributed by atoms with Gasteiger partial charge in [-0.1, -0.05) is 57.2 Å². The second kappa shape index (κ2) is 5.82. The minimum Gasteiger partial charge on any atom is -0.385 e. The number of aromatic nitrogens is 2. The number of fused-ring (bicyclic) bond motifs is 1. The maximum absolute atomic E-state index is 10.1. The predicted octanol–water partition coefficient (Wildman–Crippen LogP) is 4.44. The molecule has 1 heterocycles. The van der Waals surface area contributed by atoms with Crippen LogP contribution >= 0.6 is 0 Å². The molecule has 0 aliphatic carbocycles. The molecule has 0 unspecified atom stereocenters. The number of hydrogen-bond acceptors (Lipinski definition) is 2. The molecule has 3 aromatic rings. The van der Waals surface area contributed by atoms with Gasteiger partial charge in [-0.05, 0) is 35.6 Å². The standard InChI is InChI=1S/C20H24N2O/c1-14(23)19-21-17-7-5-6-8-18(17)22(19)13-15-9-11-16(12-10-15)20(2,3)4/h5-12,14,23H,13H2,1-4H3/t14-/m1/s1. The fourth-order valence-electron chi connectivity index (χ4n) is 2.87. The lowest BCUT2D eigenvalue weighted by Gasteiger charge is -2.19. The molecule has 1 aromatic heterocycles. The Morgan fingerprint density at radius 1 is 1.04 bits per heavy atom. The van der Waals surface area contributed by atoms with Crippen molar-refractivity contribution in [1.82, 2.24) is 9.55 Å². The smallest absolute Gasteiger partial charge is 0.138 e. The van der Waals surface area contributed by atoms with E-state index in [0.29, 0.717) is 12.4 Å². The number of nitrogens with zero attached hydrogens (tertiary/aromatic N) is 2. The van der Waals surface area contributed by atoms with Crippen LogP contribution in [0.15, 0.2) is 48.5 Å². The maximum Gasteiger partial charge on any atom is 0.138 e. The van der Waals surface area contributed by atoms with Crippen molar-refractivity contribution in [3.05, 3.63) is 65.5 Å². The molecule has 3 rings (SSSR count). The van der Waals surface area contributed by atoms with Gasteiger partial charge in [-0.3, -0.25) is 0 Å². The summed E-state index contributed by atoms with van der Waals surface area (Å²) in [5, 5.41) is 10.1. The van der Waals surface area contributed by atoms with E-state index in [0.717, 1.165) is 11.0 Å². The van der Waals surface area contributed by atoms with Crippen LogP contribution in [0.25, 0.3) is 11.0 Å². The molecule has 0 amide bonds. The second-order valence-corrected chi connectivity index (χ2v) is 7.17. The highest BCUT2D eigenvalue weighted by Crippen LogP contribution is 2.25. The zero-order valence-electron chi connectivity index (χ0n) is 14.2. The Labute approximate surface area is 137 Å². The molecule has 0 saturated heterocycles. The number of aliphatic hydroxyl groups excluding tert-OH is 1. The molecule has 0 saturated carbocycles. The average Bonchev–Trinajstić information content (AvgIpc) is 2.86. The SMILES string of the molecule is C[C@@H](O)c1nc2ccccc2n1Cc1ccc(C(C)(C)C)cc1. The van der Waals surface area contributed by atoms with Crippen molar-refractivity contribution in [1.29, 1.82) is 0 Å². The van der Waals surface area contributed by atoms with Crippen molar-refractivity contribution in [2.75, 3.05) is 0 Å². The molecule has 0 aliphatic heterocycles. The zero-order valence-corrected chi connectivity index (χ0v) is 14.2. The van der Waals surface area contributed by atoms with Gasteiger partial charge >= 0.3 is 0 Å². The van der Waals surface area contributed by atoms with Crippen LogP contribution in [-0.4, -0.2) is 14.7 Å². The quantitative estimate of drug-likeness (QED) is 0.777. The second-order valence-electron chi connectivity index (χ2n) is 7.17. The Kier molecular flexibility index (Phi) is 3.99. The molecule has 0 radical (unpaired) electrons. The van der Waals surface area contributed by atoms with Gasteiger partial charge in [-0.2, -0.15) is 0 Å². The highest BCUT2D eigenvalue weighted by Gasteiger charge is 2.16. The Hall–Kier alpha value is -2.13. The van der Waals surface area contributed by atoms with Gasteiger partial charge < -0.3 is 9.67 Å². The minimum absolute atomic E-state index is 0.158. The molecular formula is C20H24N2O. The molecule has 120 valence electrons. The molecule has 0 aliphatic rings. The molecular weight excluding hydrogens is 284 g/mol. The normalized spacial score (nSPS) is 13.4. The fraction of sp³-hybridized carbons (Fsp3) is 0.350. The summed E-state index contributed by atoms with van der Waals surface area (Å²) >= 11 is 0. The van der Waals surface area contributed by atoms with Crippen LogP contribution in [0, 0.1) is 0 Å². The molecule has 3 nitrogen and oxygen atoms in total. The van der Waals surface area contributed by atoms with Crippen LogP contribution < -0.4 is 0 Å². The Bertz CT molecular complexity index is 808. The maximum atomic E-state index is 10.1. The molecule has 2 aromatic carbocycles. The lowest BCUT2D eigenvalue weighted by Crippen LogP contribution is -2.11. The van der Waals surface area contributed by atoms with Crippen LogP contribution in [0.5, 0.6) is 0 Å². The summed E-state index contributed by atoms with van der Waals surface area (Å²) in [6.45, 7) is 9.14. The van der Waals surface area contributed by atoms with Crippen molar-refractivity contribution in [2.24, 2.45) is 0 Å². The van der Waals surface area contributed by atoms with E-state index < -0.39 is 6.10 Å². The Morgan fingerprint density at radius 3 is 2.30 bits per heavy atom. The Balaban J connectivity index is 1.99. The lowest BCUT2D eigenvalue weighted by atomic mass is 9.87. The molecule has 0 spiro atoms. The van der Waals surface area contributed by atoms with Gasteiger partial charge in [-0.15, -0.1) is 0 Å². The molecule has 0 bridgehead atoms. The number of para-hydroxylation sites is 2. The van der Waals surface area contributed by atoms with Gasteiger partial charge in [0.05, 0.1) is 11.0 Å². The summed E-state index contributed by atoms with van der Waals surface area (Å²) in [4.78, 5) is 4.58. The van der Waals surface area contributed by atoms with Crippen molar-refractivity contribution >= 4 is 11.0 Å². The summed E-state index contributed by atoms with van der Waals surface area (Å²) in [6, 6.07) is 16.7. The molecule has 1 N–H and O–H groups in total. The third-order valence-corrected chi connectivity index (χ3v) is 4.22. The first kappa shape index (κ1) is 15.8. The van der Waals surface area contributed by atoms with Gasteiger partial charge in [0.2, 0.25) is 0 Å². The summed E-state index contributed by atoms with van der Waals surface area (Å²) < 4.78 is 2.10. The third-order valence-electron chi connectivity index (χ3n) is 4.22. The fourth-order valence-corrected chi connectivity index (χ4v) is 2.87. The van der Waals surface area contributed by atoms with E-state index in [-0.39, 0.29) is 5.41 Å². The first-order valence-electron chi connectivity index (χ1n) is 8.09. The van der Waals surface area contributed by atoms with Gasteiger partial charge in [0.1, 0.15) is 11.9 Å². The number of benzene rings is 2. The largest absolute Gasteiger partial charge is 0.385 e. The van der Waals surface area contributed by atoms with Crippen LogP contribution in [0.1, 0.15) is 50.8 Å². The monoisotopic (exact) mass is 308 g/mol. The van der Waals surface area contributed by atoms with Crippen LogP contribution in [0.3, 0.4) is 0 Å². The van der Waals surface area contributed by atoms with Crippen molar-refractivity contribution < 1.29 is 5.11 Å². The van der Waals surface area contributed by atoms with Crippen molar-refractivity contribution in [3.8, 4) is 0 Å². The first-order valence-corrected chi connectivity index (χ1v) is 8.09. The van der Waals surface area contributed by atoms with Gasteiger partial charge in [0.15, 0.2) is 0 Å². The van der Waals surface area contributed by atoms with Crippen LogP contribution in [0.4, 0.5) is 0 Å². The van der Waals surface area contributed by atoms with E-state index in [1.165, 1.54) is 11.1 Å². The molecule has 3 heteroatoms. The van der Waals surface area contributed by atoms with Crippen molar-refractivity contribution in [2.45, 2.75) is 45.8 Å². The topological polar surface area (TPSA) is 38.1 Å². The highest BCUT2D eigenvalue weighted by molar-refractivity contribution is 5.76. The van der Waals surface area contributed by atoms with E-state index in [4.69, 9.17) is 0 Å². The summed E-state index contributed by atoms with van der Waals surface area (Å²) in [5.74, 6) is 0.714. The van der Waals surface area contributed by atoms with E-state index in [1.54, 1.807) is 6.92 Å². The van der Waals surface area contributed by atoms with E-state index >= 15 is 0 Å². The van der Waals surface area contributed by atoms with Gasteiger partial charge in [0, 0.05) is 6.54 Å². The highest BCUT2D eigenvalue weighted by atomic mass is 16.3. The van der Waals surface area contributed by atoms with Crippen molar-refractivity contribution in [3.63, 3.8) is 0 Å². The zero-order chi connectivity index (χ0) is 16.6. The molecule has 23 heavy (non-hydrogen) atoms. The van der Waals surface area contributed by atoms with Crippen LogP contribution in [-0.2, 0) is 12.0 Å². The van der Waals surface area contributed by atoms with E-state index in [2.05, 4.69) is 60.7 Å². The molecule has 1 atom stereocenters. The van der Waals surface area contributed by atoms with Crippen LogP contribution in [0.2, 0.25) is 0 Å². The third kappa shape index (κ3) is 3.15. The summed E-state index contributed by atoms with van der Waals surface area (Å²) in [6.07, 6.45) is -0.587. The summed E-state index contributed by atoms with van der Waals surface area (Å²) in [5.41, 5.74) is 4.68. The van der Waals surface area contributed by atoms with Gasteiger partial charge in [-0.25, -0.2) is 4.98 Å². The number of imidazole rings is 1. The number of aliphatic hydroxyl groups is 1. The van der Waals surface area contributed by atoms with E-state index in [1.807, 2.05) is 18.2 Å². The summed E-state index contributed by atoms with van der Waals surface area (Å²) in [7, 11) is 0.